The Morgan fingerprint density at radius 1 is 1.19 bits per heavy atom. The van der Waals surface area contributed by atoms with Crippen LogP contribution in [0.15, 0.2) is 24.3 Å². The predicted molar refractivity (Wildman–Crippen MR) is 126 cm³/mol. The Kier molecular flexibility index (Phi) is 8.45. The maximum atomic E-state index is 13.5. The quantitative estimate of drug-likeness (QED) is 0.606. The van der Waals surface area contributed by atoms with Crippen LogP contribution in [0.4, 0.5) is 4.79 Å². The SMILES string of the molecule is CC(C)NC(=O)C1(N(C(=O)CCl)[C@@H](C)c2ccc(Cl)cc2)CCN(C(=O)OC(C)(C)C)C1. The number of nitrogens with one attached hydrogen (secondary N) is 1. The first-order chi connectivity index (χ1) is 14.8. The first kappa shape index (κ1) is 26.3. The Labute approximate surface area is 200 Å². The van der Waals surface area contributed by atoms with Crippen LogP contribution < -0.4 is 5.32 Å². The average molecular weight is 486 g/mol. The molecule has 1 aliphatic rings. The Morgan fingerprint density at radius 2 is 1.78 bits per heavy atom. The summed E-state index contributed by atoms with van der Waals surface area (Å²) in [6.07, 6.45) is -0.250. The topological polar surface area (TPSA) is 79.0 Å². The van der Waals surface area contributed by atoms with Crippen LogP contribution in [0.5, 0.6) is 0 Å². The smallest absolute Gasteiger partial charge is 0.410 e. The fourth-order valence-corrected chi connectivity index (χ4v) is 4.20. The number of carbonyl (C=O) groups excluding carboxylic acids is 3. The van der Waals surface area contributed by atoms with Crippen molar-refractivity contribution in [3.8, 4) is 0 Å². The van der Waals surface area contributed by atoms with Gasteiger partial charge in [0.05, 0.1) is 12.6 Å². The van der Waals surface area contributed by atoms with Gasteiger partial charge in [0.15, 0.2) is 0 Å². The molecule has 3 amide bonds. The highest BCUT2D eigenvalue weighted by molar-refractivity contribution is 6.30. The summed E-state index contributed by atoms with van der Waals surface area (Å²) in [5, 5.41) is 3.50. The number of ether oxygens (including phenoxy) is 1. The molecule has 9 heteroatoms. The van der Waals surface area contributed by atoms with Crippen molar-refractivity contribution < 1.29 is 19.1 Å². The van der Waals surface area contributed by atoms with E-state index in [1.54, 1.807) is 32.9 Å². The van der Waals surface area contributed by atoms with E-state index in [0.29, 0.717) is 5.02 Å². The third-order valence-corrected chi connectivity index (χ3v) is 5.81. The number of amides is 3. The number of hydrogen-bond donors (Lipinski definition) is 1. The molecular formula is C23H33Cl2N3O4. The minimum Gasteiger partial charge on any atom is -0.444 e. The number of likely N-dealkylation sites (tertiary alicyclic amines) is 1. The molecule has 2 atom stereocenters. The first-order valence-electron chi connectivity index (χ1n) is 10.7. The lowest BCUT2D eigenvalue weighted by Crippen LogP contribution is -2.64. The second kappa shape index (κ2) is 10.3. The Hall–Kier alpha value is -1.99. The Morgan fingerprint density at radius 3 is 2.28 bits per heavy atom. The molecule has 2 rings (SSSR count). The number of carbonyl (C=O) groups is 3. The summed E-state index contributed by atoms with van der Waals surface area (Å²) in [6.45, 7) is 11.2. The van der Waals surface area contributed by atoms with Crippen LogP contribution in [-0.2, 0) is 14.3 Å². The summed E-state index contributed by atoms with van der Waals surface area (Å²) in [5.41, 5.74) is -1.16. The van der Waals surface area contributed by atoms with Gasteiger partial charge in [-0.25, -0.2) is 4.79 Å². The fourth-order valence-electron chi connectivity index (χ4n) is 3.94. The van der Waals surface area contributed by atoms with Crippen molar-refractivity contribution in [2.24, 2.45) is 0 Å². The van der Waals surface area contributed by atoms with E-state index in [9.17, 15) is 14.4 Å². The number of rotatable bonds is 6. The van der Waals surface area contributed by atoms with Crippen LogP contribution in [-0.4, -0.2) is 63.9 Å². The largest absolute Gasteiger partial charge is 0.444 e. The number of benzene rings is 1. The fraction of sp³-hybridized carbons (Fsp3) is 0.609. The van der Waals surface area contributed by atoms with Crippen molar-refractivity contribution in [2.75, 3.05) is 19.0 Å². The van der Waals surface area contributed by atoms with E-state index in [4.69, 9.17) is 27.9 Å². The monoisotopic (exact) mass is 485 g/mol. The Balaban J connectivity index is 2.50. The zero-order valence-corrected chi connectivity index (χ0v) is 21.1. The number of alkyl halides is 1. The second-order valence-electron chi connectivity index (χ2n) is 9.44. The van der Waals surface area contributed by atoms with Gasteiger partial charge < -0.3 is 19.9 Å². The van der Waals surface area contributed by atoms with Gasteiger partial charge in [-0.05, 0) is 65.7 Å². The van der Waals surface area contributed by atoms with Crippen LogP contribution in [0.3, 0.4) is 0 Å². The lowest BCUT2D eigenvalue weighted by molar-refractivity contribution is -0.149. The molecule has 1 aromatic rings. The van der Waals surface area contributed by atoms with Gasteiger partial charge in [-0.3, -0.25) is 9.59 Å². The summed E-state index contributed by atoms with van der Waals surface area (Å²) in [5.74, 6) is -1.00. The standard InChI is InChI=1S/C23H33Cl2N3O4/c1-15(2)26-20(30)23(11-12-27(14-23)21(31)32-22(4,5)6)28(19(29)13-24)16(3)17-7-9-18(25)10-8-17/h7-10,15-16H,11-14H2,1-6H3,(H,26,30)/t16-,23?/m0/s1. The van der Waals surface area contributed by atoms with Gasteiger partial charge in [0.2, 0.25) is 11.8 Å². The lowest BCUT2D eigenvalue weighted by Gasteiger charge is -2.43. The normalized spacial score (nSPS) is 19.6. The molecule has 0 spiro atoms. The molecule has 1 unspecified atom stereocenters. The molecule has 178 valence electrons. The predicted octanol–water partition coefficient (Wildman–Crippen LogP) is 4.37. The van der Waals surface area contributed by atoms with E-state index >= 15 is 0 Å². The molecular weight excluding hydrogens is 453 g/mol. The highest BCUT2D eigenvalue weighted by Crippen LogP contribution is 2.37. The van der Waals surface area contributed by atoms with Gasteiger partial charge in [0, 0.05) is 17.6 Å². The molecule has 1 aliphatic heterocycles. The average Bonchev–Trinajstić information content (AvgIpc) is 3.13. The summed E-state index contributed by atoms with van der Waals surface area (Å²) in [4.78, 5) is 42.4. The number of nitrogens with zero attached hydrogens (tertiary/aromatic N) is 2. The van der Waals surface area contributed by atoms with E-state index in [0.717, 1.165) is 5.56 Å². The van der Waals surface area contributed by atoms with E-state index in [-0.39, 0.29) is 43.2 Å². The summed E-state index contributed by atoms with van der Waals surface area (Å²) in [7, 11) is 0. The molecule has 1 fully saturated rings. The molecule has 0 aliphatic carbocycles. The zero-order valence-electron chi connectivity index (χ0n) is 19.6. The second-order valence-corrected chi connectivity index (χ2v) is 10.1. The molecule has 0 aromatic heterocycles. The summed E-state index contributed by atoms with van der Waals surface area (Å²) < 4.78 is 5.51. The molecule has 0 bridgehead atoms. The van der Waals surface area contributed by atoms with Crippen molar-refractivity contribution in [1.29, 1.82) is 0 Å². The van der Waals surface area contributed by atoms with E-state index < -0.39 is 23.3 Å². The molecule has 1 aromatic carbocycles. The van der Waals surface area contributed by atoms with Crippen molar-refractivity contribution in [1.82, 2.24) is 15.1 Å². The highest BCUT2D eigenvalue weighted by atomic mass is 35.5. The van der Waals surface area contributed by atoms with Crippen molar-refractivity contribution >= 4 is 41.1 Å². The van der Waals surface area contributed by atoms with Crippen molar-refractivity contribution in [3.05, 3.63) is 34.9 Å². The number of hydrogen-bond acceptors (Lipinski definition) is 4. The van der Waals surface area contributed by atoms with Gasteiger partial charge in [0.1, 0.15) is 17.0 Å². The highest BCUT2D eigenvalue weighted by Gasteiger charge is 2.54. The molecule has 1 N–H and O–H groups in total. The van der Waals surface area contributed by atoms with Gasteiger partial charge in [-0.2, -0.15) is 0 Å². The van der Waals surface area contributed by atoms with Gasteiger partial charge in [-0.1, -0.05) is 23.7 Å². The van der Waals surface area contributed by atoms with Crippen LogP contribution in [0.1, 0.15) is 59.6 Å². The van der Waals surface area contributed by atoms with Crippen LogP contribution in [0.25, 0.3) is 0 Å². The van der Waals surface area contributed by atoms with Crippen LogP contribution in [0.2, 0.25) is 5.02 Å². The first-order valence-corrected chi connectivity index (χ1v) is 11.6. The minimum atomic E-state index is -1.29. The number of halogens is 2. The summed E-state index contributed by atoms with van der Waals surface area (Å²) in [6, 6.07) is 6.48. The summed E-state index contributed by atoms with van der Waals surface area (Å²) >= 11 is 12.0. The maximum Gasteiger partial charge on any atom is 0.410 e. The maximum absolute atomic E-state index is 13.5. The van der Waals surface area contributed by atoms with E-state index in [2.05, 4.69) is 5.32 Å². The van der Waals surface area contributed by atoms with Crippen LogP contribution in [0, 0.1) is 0 Å². The van der Waals surface area contributed by atoms with Gasteiger partial charge in [-0.15, -0.1) is 11.6 Å². The van der Waals surface area contributed by atoms with Gasteiger partial charge >= 0.3 is 6.09 Å². The lowest BCUT2D eigenvalue weighted by atomic mass is 9.90. The Bertz CT molecular complexity index is 839. The van der Waals surface area contributed by atoms with Gasteiger partial charge in [0.25, 0.3) is 0 Å². The molecule has 0 radical (unpaired) electrons. The third-order valence-electron chi connectivity index (χ3n) is 5.33. The molecule has 32 heavy (non-hydrogen) atoms. The zero-order chi connectivity index (χ0) is 24.3. The molecule has 0 saturated carbocycles. The molecule has 1 heterocycles. The van der Waals surface area contributed by atoms with Crippen molar-refractivity contribution in [2.45, 2.75) is 71.2 Å². The minimum absolute atomic E-state index is 0.0149. The van der Waals surface area contributed by atoms with E-state index in [1.807, 2.05) is 32.9 Å². The molecule has 7 nitrogen and oxygen atoms in total. The van der Waals surface area contributed by atoms with Crippen molar-refractivity contribution in [3.63, 3.8) is 0 Å². The van der Waals surface area contributed by atoms with E-state index in [1.165, 1.54) is 9.80 Å². The molecule has 1 saturated heterocycles. The third kappa shape index (κ3) is 6.07. The van der Waals surface area contributed by atoms with Crippen LogP contribution >= 0.6 is 23.2 Å².